The predicted molar refractivity (Wildman–Crippen MR) is 118 cm³/mol. The lowest BCUT2D eigenvalue weighted by Crippen LogP contribution is -2.41. The van der Waals surface area contributed by atoms with Gasteiger partial charge in [0.2, 0.25) is 15.9 Å². The third kappa shape index (κ3) is 4.41. The van der Waals surface area contributed by atoms with Crippen LogP contribution in [0.3, 0.4) is 0 Å². The lowest BCUT2D eigenvalue weighted by Gasteiger charge is -2.30. The molecule has 2 aliphatic heterocycles. The Morgan fingerprint density at radius 2 is 1.55 bits per heavy atom. The number of rotatable bonds is 5. The van der Waals surface area contributed by atoms with Crippen LogP contribution in [0.4, 0.5) is 5.69 Å². The Bertz CT molecular complexity index is 1360. The molecule has 4 rings (SSSR count). The molecule has 0 saturated carbocycles. The van der Waals surface area contributed by atoms with Gasteiger partial charge in [0.1, 0.15) is 0 Å². The van der Waals surface area contributed by atoms with E-state index >= 15 is 0 Å². The van der Waals surface area contributed by atoms with Crippen LogP contribution >= 0.6 is 0 Å². The molecule has 0 radical (unpaired) electrons. The molecule has 2 heterocycles. The van der Waals surface area contributed by atoms with Crippen LogP contribution in [0.5, 0.6) is 0 Å². The number of anilines is 1. The summed E-state index contributed by atoms with van der Waals surface area (Å²) >= 11 is 0. The number of piperidine rings is 1. The van der Waals surface area contributed by atoms with Crippen LogP contribution in [0.1, 0.15) is 33.6 Å². The number of hydrogen-bond acceptors (Lipinski definition) is 7. The average molecular weight is 492 g/mol. The van der Waals surface area contributed by atoms with Gasteiger partial charge in [-0.25, -0.2) is 16.8 Å². The van der Waals surface area contributed by atoms with Crippen molar-refractivity contribution < 1.29 is 31.2 Å². The van der Waals surface area contributed by atoms with Gasteiger partial charge in [-0.15, -0.1) is 0 Å². The Hall–Kier alpha value is -3.09. The SMILES string of the molecule is CS(=O)(=O)c1ccc(S(=O)(=O)N2CCC(C(=O)Nc3cccc4c3C(=O)NC4=O)CC2)cc1. The molecule has 12 heteroatoms. The molecule has 0 atom stereocenters. The van der Waals surface area contributed by atoms with Crippen molar-refractivity contribution in [3.63, 3.8) is 0 Å². The van der Waals surface area contributed by atoms with Gasteiger partial charge in [-0.05, 0) is 49.2 Å². The van der Waals surface area contributed by atoms with Gasteiger partial charge < -0.3 is 5.32 Å². The van der Waals surface area contributed by atoms with Crippen LogP contribution in [-0.4, -0.2) is 58.2 Å². The first-order valence-electron chi connectivity index (χ1n) is 10.1. The Balaban J connectivity index is 1.42. The fraction of sp³-hybridized carbons (Fsp3) is 0.286. The van der Waals surface area contributed by atoms with E-state index in [9.17, 15) is 31.2 Å². The minimum Gasteiger partial charge on any atom is -0.325 e. The van der Waals surface area contributed by atoms with E-state index in [4.69, 9.17) is 0 Å². The third-order valence-electron chi connectivity index (χ3n) is 5.74. The first-order valence-corrected chi connectivity index (χ1v) is 13.4. The van der Waals surface area contributed by atoms with Crippen molar-refractivity contribution in [2.24, 2.45) is 5.92 Å². The normalized spacial score (nSPS) is 17.5. The highest BCUT2D eigenvalue weighted by Gasteiger charge is 2.34. The summed E-state index contributed by atoms with van der Waals surface area (Å²) in [5.74, 6) is -1.92. The molecule has 2 aromatic rings. The second-order valence-corrected chi connectivity index (χ2v) is 11.9. The van der Waals surface area contributed by atoms with Crippen molar-refractivity contribution in [3.8, 4) is 0 Å². The highest BCUT2D eigenvalue weighted by atomic mass is 32.2. The van der Waals surface area contributed by atoms with Gasteiger partial charge in [0.15, 0.2) is 9.84 Å². The van der Waals surface area contributed by atoms with Gasteiger partial charge in [-0.1, -0.05) is 6.07 Å². The van der Waals surface area contributed by atoms with Crippen molar-refractivity contribution in [2.75, 3.05) is 24.7 Å². The Morgan fingerprint density at radius 3 is 2.15 bits per heavy atom. The van der Waals surface area contributed by atoms with E-state index in [-0.39, 0.29) is 58.4 Å². The second kappa shape index (κ2) is 8.36. The standard InChI is InChI=1S/C21H21N3O7S2/c1-32(28,29)14-5-7-15(8-6-14)33(30,31)24-11-9-13(10-12-24)19(25)22-17-4-2-3-16-18(17)21(27)23-20(16)26/h2-8,13H,9-12H2,1H3,(H,22,25)(H,23,26,27). The van der Waals surface area contributed by atoms with Crippen LogP contribution < -0.4 is 10.6 Å². The van der Waals surface area contributed by atoms with Gasteiger partial charge in [0.05, 0.1) is 26.6 Å². The summed E-state index contributed by atoms with van der Waals surface area (Å²) < 4.78 is 50.3. The monoisotopic (exact) mass is 491 g/mol. The molecule has 2 N–H and O–H groups in total. The quantitative estimate of drug-likeness (QED) is 0.594. The van der Waals surface area contributed by atoms with Gasteiger partial charge in [-0.2, -0.15) is 4.31 Å². The third-order valence-corrected chi connectivity index (χ3v) is 8.78. The van der Waals surface area contributed by atoms with Crippen LogP contribution in [0.15, 0.2) is 52.3 Å². The maximum absolute atomic E-state index is 12.9. The van der Waals surface area contributed by atoms with Gasteiger partial charge in [0.25, 0.3) is 11.8 Å². The number of benzene rings is 2. The number of carbonyl (C=O) groups excluding carboxylic acids is 3. The number of sulfone groups is 1. The fourth-order valence-electron chi connectivity index (χ4n) is 3.92. The number of amides is 3. The Kier molecular flexibility index (Phi) is 5.85. The number of nitrogens with zero attached hydrogens (tertiary/aromatic N) is 1. The minimum absolute atomic E-state index is 0.0201. The lowest BCUT2D eigenvalue weighted by molar-refractivity contribution is -0.120. The summed E-state index contributed by atoms with van der Waals surface area (Å²) in [6.45, 7) is 0.222. The van der Waals surface area contributed by atoms with E-state index in [1.54, 1.807) is 6.07 Å². The van der Waals surface area contributed by atoms with Crippen molar-refractivity contribution in [1.82, 2.24) is 9.62 Å². The molecule has 33 heavy (non-hydrogen) atoms. The molecular formula is C21H21N3O7S2. The van der Waals surface area contributed by atoms with E-state index in [2.05, 4.69) is 10.6 Å². The minimum atomic E-state index is -3.84. The molecule has 2 aromatic carbocycles. The van der Waals surface area contributed by atoms with Crippen molar-refractivity contribution in [3.05, 3.63) is 53.6 Å². The smallest absolute Gasteiger partial charge is 0.261 e. The molecule has 0 bridgehead atoms. The molecule has 0 unspecified atom stereocenters. The lowest BCUT2D eigenvalue weighted by atomic mass is 9.96. The first-order chi connectivity index (χ1) is 15.5. The summed E-state index contributed by atoms with van der Waals surface area (Å²) in [6.07, 6.45) is 1.58. The molecule has 1 fully saturated rings. The summed E-state index contributed by atoms with van der Waals surface area (Å²) in [4.78, 5) is 36.6. The summed E-state index contributed by atoms with van der Waals surface area (Å²) in [6, 6.07) is 9.62. The summed E-state index contributed by atoms with van der Waals surface area (Å²) in [5, 5.41) is 4.88. The van der Waals surface area contributed by atoms with E-state index in [1.165, 1.54) is 40.7 Å². The zero-order chi connectivity index (χ0) is 24.0. The number of fused-ring (bicyclic) bond motifs is 1. The van der Waals surface area contributed by atoms with Crippen LogP contribution in [0.2, 0.25) is 0 Å². The van der Waals surface area contributed by atoms with Crippen molar-refractivity contribution >= 4 is 43.3 Å². The zero-order valence-corrected chi connectivity index (χ0v) is 19.2. The molecule has 0 aromatic heterocycles. The highest BCUT2D eigenvalue weighted by Crippen LogP contribution is 2.28. The summed E-state index contributed by atoms with van der Waals surface area (Å²) in [5.41, 5.74) is 0.552. The molecule has 2 aliphatic rings. The van der Waals surface area contributed by atoms with Crippen molar-refractivity contribution in [1.29, 1.82) is 0 Å². The van der Waals surface area contributed by atoms with Gasteiger partial charge in [-0.3, -0.25) is 19.7 Å². The molecule has 0 spiro atoms. The van der Waals surface area contributed by atoms with Crippen LogP contribution in [-0.2, 0) is 24.7 Å². The van der Waals surface area contributed by atoms with Gasteiger partial charge >= 0.3 is 0 Å². The van der Waals surface area contributed by atoms with E-state index < -0.39 is 37.6 Å². The average Bonchev–Trinajstić information content (AvgIpc) is 3.07. The van der Waals surface area contributed by atoms with E-state index in [0.717, 1.165) is 6.26 Å². The number of carbonyl (C=O) groups is 3. The number of sulfonamides is 1. The molecule has 10 nitrogen and oxygen atoms in total. The highest BCUT2D eigenvalue weighted by molar-refractivity contribution is 7.90. The summed E-state index contributed by atoms with van der Waals surface area (Å²) in [7, 11) is -7.28. The second-order valence-electron chi connectivity index (χ2n) is 7.92. The number of hydrogen-bond donors (Lipinski definition) is 2. The number of nitrogens with one attached hydrogen (secondary N) is 2. The maximum Gasteiger partial charge on any atom is 0.261 e. The molecule has 0 aliphatic carbocycles. The van der Waals surface area contributed by atoms with Gasteiger partial charge in [0, 0.05) is 25.3 Å². The first kappa shape index (κ1) is 23.1. The van der Waals surface area contributed by atoms with Crippen molar-refractivity contribution in [2.45, 2.75) is 22.6 Å². The molecule has 1 saturated heterocycles. The number of imide groups is 1. The largest absolute Gasteiger partial charge is 0.325 e. The predicted octanol–water partition coefficient (Wildman–Crippen LogP) is 1.01. The Morgan fingerprint density at radius 1 is 0.939 bits per heavy atom. The topological polar surface area (TPSA) is 147 Å². The molecule has 3 amide bonds. The van der Waals surface area contributed by atoms with Crippen LogP contribution in [0.25, 0.3) is 0 Å². The molecular weight excluding hydrogens is 470 g/mol. The van der Waals surface area contributed by atoms with E-state index in [1.807, 2.05) is 0 Å². The zero-order valence-electron chi connectivity index (χ0n) is 17.6. The van der Waals surface area contributed by atoms with E-state index in [0.29, 0.717) is 0 Å². The molecule has 174 valence electrons. The fourth-order valence-corrected chi connectivity index (χ4v) is 6.02. The Labute approximate surface area is 190 Å². The maximum atomic E-state index is 12.9. The van der Waals surface area contributed by atoms with Crippen LogP contribution in [0, 0.1) is 5.92 Å².